The molecule has 5 aliphatic heterocycles. The van der Waals surface area contributed by atoms with Crippen LogP contribution in [0, 0.1) is 17.8 Å². The minimum absolute atomic E-state index is 0.0159. The minimum Gasteiger partial charge on any atom is -0.482 e. The zero-order chi connectivity index (χ0) is 52.7. The average Bonchev–Trinajstić information content (AvgIpc) is 3.40. The van der Waals surface area contributed by atoms with Crippen molar-refractivity contribution in [2.75, 3.05) is 26.3 Å². The maximum atomic E-state index is 16.4. The molecule has 3 amide bonds. The second-order valence-electron chi connectivity index (χ2n) is 20.7. The number of Topliss-reactive ketones (excluding diaryl/α,β-unsaturated/α-hetero) is 2. The fraction of sp³-hybridized carbons (Fsp3) is 0.596. The molecule has 394 valence electrons. The van der Waals surface area contributed by atoms with Gasteiger partial charge in [-0.1, -0.05) is 29.4 Å². The number of morpholine rings is 1. The summed E-state index contributed by atoms with van der Waals surface area (Å²) in [6.07, 6.45) is 9.55. The zero-order valence-corrected chi connectivity index (χ0v) is 43.9. The molecular weight excluding hydrogens is 1000 g/mol. The first-order valence-electron chi connectivity index (χ1n) is 23.8. The highest BCUT2D eigenvalue weighted by molar-refractivity contribution is 7.66. The molecule has 25 heteroatoms. The molecule has 1 aromatic carbocycles. The molecule has 72 heavy (non-hydrogen) atoms. The van der Waals surface area contributed by atoms with Gasteiger partial charge in [0.25, 0.3) is 0 Å². The number of carbonyl (C=O) groups is 5. The van der Waals surface area contributed by atoms with E-state index in [1.165, 1.54) is 19.1 Å². The summed E-state index contributed by atoms with van der Waals surface area (Å²) in [5.74, 6) is -6.69. The van der Waals surface area contributed by atoms with Gasteiger partial charge in [0.05, 0.1) is 30.3 Å². The van der Waals surface area contributed by atoms with E-state index in [-0.39, 0.29) is 79.3 Å². The Hall–Kier alpha value is -4.14. The number of carbonyl (C=O) groups excluding carboxylic acids is 5. The highest BCUT2D eigenvalue weighted by Crippen LogP contribution is 2.72. The van der Waals surface area contributed by atoms with E-state index in [1.54, 1.807) is 19.9 Å². The predicted molar refractivity (Wildman–Crippen MR) is 255 cm³/mol. The first-order chi connectivity index (χ1) is 33.4. The molecule has 4 bridgehead atoms. The van der Waals surface area contributed by atoms with Crippen LogP contribution in [0.2, 0.25) is 0 Å². The van der Waals surface area contributed by atoms with Crippen LogP contribution in [0.1, 0.15) is 115 Å². The lowest BCUT2D eigenvalue weighted by Gasteiger charge is -2.64. The van der Waals surface area contributed by atoms with E-state index in [1.807, 2.05) is 51.7 Å². The molecule has 0 aromatic heterocycles. The molecule has 5 heterocycles. The highest BCUT2D eigenvalue weighted by atomic mass is 31.3. The van der Waals surface area contributed by atoms with Gasteiger partial charge >= 0.3 is 23.5 Å². The lowest BCUT2D eigenvalue weighted by molar-refractivity contribution is -0.215. The largest absolute Gasteiger partial charge is 0.536 e. The van der Waals surface area contributed by atoms with Crippen LogP contribution in [0.15, 0.2) is 41.0 Å². The molecule has 1 aromatic rings. The molecule has 6 N–H and O–H groups in total. The van der Waals surface area contributed by atoms with Crippen molar-refractivity contribution in [2.24, 2.45) is 17.8 Å². The van der Waals surface area contributed by atoms with Crippen LogP contribution in [-0.2, 0) is 57.4 Å². The summed E-state index contributed by atoms with van der Waals surface area (Å²) in [6, 6.07) is -1.88. The van der Waals surface area contributed by atoms with Gasteiger partial charge in [-0.15, -0.1) is 0 Å². The topological polar surface area (TPSA) is 309 Å². The molecule has 9 rings (SSSR count). The van der Waals surface area contributed by atoms with Crippen molar-refractivity contribution in [3.63, 3.8) is 0 Å². The smallest absolute Gasteiger partial charge is 0.482 e. The number of phosphoric ester groups is 1. The number of benzene rings is 1. The fourth-order valence-corrected chi connectivity index (χ4v) is 14.8. The number of piperidine rings is 1. The molecule has 1 spiro atoms. The lowest BCUT2D eigenvalue weighted by Crippen LogP contribution is -2.82. The maximum absolute atomic E-state index is 16.4. The van der Waals surface area contributed by atoms with Crippen molar-refractivity contribution in [2.45, 2.75) is 135 Å². The normalized spacial score (nSPS) is 32.2. The summed E-state index contributed by atoms with van der Waals surface area (Å²) < 4.78 is 79.7. The SMILES string of the molecule is CC(C)=CCCC1(C)C=Cc2c(c(CC=C(C)C)c3c(c2OP(=O)(O)OP(=O)(O)OP(=O)(O)O)C(=O)C2C(N4CCOCC4)C4CC5C(C)(C)OC(C/C=C(/C)C(=O)NC6CCC(=O)NC6=O)(C4=O)C25O3)O1. The number of nitrogens with one attached hydrogen (secondary N) is 2. The van der Waals surface area contributed by atoms with Gasteiger partial charge in [0.1, 0.15) is 28.7 Å². The molecule has 8 aliphatic rings. The van der Waals surface area contributed by atoms with E-state index in [2.05, 4.69) is 19.3 Å². The number of amides is 3. The summed E-state index contributed by atoms with van der Waals surface area (Å²) in [4.78, 5) is 113. The summed E-state index contributed by atoms with van der Waals surface area (Å²) in [5, 5.41) is 4.88. The number of allylic oxidation sites excluding steroid dienone is 4. The summed E-state index contributed by atoms with van der Waals surface area (Å²) >= 11 is 0. The summed E-state index contributed by atoms with van der Waals surface area (Å²) in [7, 11) is -17.9. The predicted octanol–water partition coefficient (Wildman–Crippen LogP) is 5.47. The number of hydrogen-bond donors (Lipinski definition) is 6. The standard InChI is InChI=1S/C47H62N3O19P3/c1-25(2)10-9-17-45(8)18-16-29-38(64-45)28(12-11-26(3)4)39-34(40(29)66-71(59,60)69-72(61,62)68-70(56,57)58)37(52)35-36(50-20-22-63-23-21-50)30-24-32-44(6,7)67-46(41(30)53,47(32,35)65-39)19-15-27(5)42(54)48-31-13-14-33(51)49-43(31)55/h10-11,15-16,18,30-32,35-36H,9,12-14,17,19-24H2,1-8H3,(H,48,54)(H,59,60)(H,61,62)(H,49,51,55)(H2,56,57,58)/b27-15-. The lowest BCUT2D eigenvalue weighted by atomic mass is 9.44. The Kier molecular flexibility index (Phi) is 14.4. The third kappa shape index (κ3) is 9.95. The number of hydrogen-bond acceptors (Lipinski definition) is 16. The molecule has 0 radical (unpaired) electrons. The van der Waals surface area contributed by atoms with E-state index < -0.39 is 111 Å². The molecule has 3 saturated carbocycles. The Bertz CT molecular complexity index is 2770. The Labute approximate surface area is 416 Å². The first-order valence-corrected chi connectivity index (χ1v) is 28.3. The minimum atomic E-state index is -6.08. The third-order valence-electron chi connectivity index (χ3n) is 14.7. The molecule has 22 nitrogen and oxygen atoms in total. The number of ketones is 2. The van der Waals surface area contributed by atoms with Crippen molar-refractivity contribution >= 4 is 58.8 Å². The van der Waals surface area contributed by atoms with Gasteiger partial charge in [-0.25, -0.2) is 13.7 Å². The Morgan fingerprint density at radius 2 is 1.60 bits per heavy atom. The van der Waals surface area contributed by atoms with E-state index in [9.17, 15) is 47.7 Å². The van der Waals surface area contributed by atoms with Gasteiger partial charge in [0.2, 0.25) is 17.7 Å². The fourth-order valence-electron chi connectivity index (χ4n) is 11.7. The second kappa shape index (κ2) is 19.2. The van der Waals surface area contributed by atoms with Crippen LogP contribution >= 0.6 is 23.5 Å². The molecule has 10 atom stereocenters. The molecule has 6 fully saturated rings. The second-order valence-corrected chi connectivity index (χ2v) is 25.1. The molecule has 10 unspecified atom stereocenters. The van der Waals surface area contributed by atoms with Gasteiger partial charge in [-0.3, -0.25) is 39.1 Å². The van der Waals surface area contributed by atoms with Gasteiger partial charge in [0.15, 0.2) is 28.5 Å². The van der Waals surface area contributed by atoms with E-state index >= 15 is 9.59 Å². The van der Waals surface area contributed by atoms with Gasteiger partial charge < -0.3 is 43.5 Å². The third-order valence-corrected chi connectivity index (χ3v) is 18.4. The van der Waals surface area contributed by atoms with Crippen molar-refractivity contribution in [1.82, 2.24) is 15.5 Å². The first kappa shape index (κ1) is 54.1. The number of rotatable bonds is 16. The summed E-state index contributed by atoms with van der Waals surface area (Å²) in [6.45, 7) is 15.6. The Morgan fingerprint density at radius 3 is 2.24 bits per heavy atom. The number of fused-ring (bicyclic) bond motifs is 2. The van der Waals surface area contributed by atoms with E-state index in [0.29, 0.717) is 25.9 Å². The van der Waals surface area contributed by atoms with Crippen LogP contribution in [0.25, 0.3) is 6.08 Å². The summed E-state index contributed by atoms with van der Waals surface area (Å²) in [5.41, 5.74) is -4.35. The number of nitrogens with zero attached hydrogens (tertiary/aromatic N) is 1. The number of ether oxygens (including phenoxy) is 4. The van der Waals surface area contributed by atoms with Crippen LogP contribution < -0.4 is 24.6 Å². The molecular formula is C47H62N3O19P3. The molecule has 3 saturated heterocycles. The van der Waals surface area contributed by atoms with E-state index in [0.717, 1.165) is 11.1 Å². The van der Waals surface area contributed by atoms with E-state index in [4.69, 9.17) is 23.5 Å². The van der Waals surface area contributed by atoms with Crippen molar-refractivity contribution < 1.29 is 89.3 Å². The molecule has 3 aliphatic carbocycles. The quantitative estimate of drug-likeness (QED) is 0.0518. The van der Waals surface area contributed by atoms with Crippen LogP contribution in [-0.4, -0.2) is 115 Å². The highest BCUT2D eigenvalue weighted by Gasteiger charge is 2.86. The van der Waals surface area contributed by atoms with Crippen molar-refractivity contribution in [3.8, 4) is 17.2 Å². The number of phosphoric acid groups is 3. The van der Waals surface area contributed by atoms with Crippen LogP contribution in [0.5, 0.6) is 17.2 Å². The Balaban J connectivity index is 1.36. The Morgan fingerprint density at radius 1 is 0.917 bits per heavy atom. The monoisotopic (exact) mass is 1070 g/mol. The van der Waals surface area contributed by atoms with Crippen LogP contribution in [0.3, 0.4) is 0 Å². The van der Waals surface area contributed by atoms with Gasteiger partial charge in [-0.05, 0) is 99.6 Å². The van der Waals surface area contributed by atoms with Gasteiger partial charge in [-0.2, -0.15) is 8.62 Å². The zero-order valence-electron chi connectivity index (χ0n) is 41.3. The number of imide groups is 1. The van der Waals surface area contributed by atoms with Crippen LogP contribution in [0.4, 0.5) is 0 Å². The van der Waals surface area contributed by atoms with Crippen molar-refractivity contribution in [3.05, 3.63) is 57.7 Å². The average molecular weight is 1070 g/mol. The van der Waals surface area contributed by atoms with Crippen molar-refractivity contribution in [1.29, 1.82) is 0 Å². The maximum Gasteiger partial charge on any atom is 0.536 e. The van der Waals surface area contributed by atoms with Gasteiger partial charge in [0, 0.05) is 54.9 Å².